The van der Waals surface area contributed by atoms with Crippen molar-refractivity contribution < 1.29 is 9.53 Å². The monoisotopic (exact) mass is 309 g/mol. The molecule has 3 rings (SSSR count). The summed E-state index contributed by atoms with van der Waals surface area (Å²) in [6.07, 6.45) is 2.44. The molecule has 1 aliphatic heterocycles. The first-order chi connectivity index (χ1) is 11.2. The summed E-state index contributed by atoms with van der Waals surface area (Å²) in [5.41, 5.74) is 3.41. The average Bonchev–Trinajstić information content (AvgIpc) is 2.61. The summed E-state index contributed by atoms with van der Waals surface area (Å²) in [4.78, 5) is 14.7. The van der Waals surface area contributed by atoms with Gasteiger partial charge in [0.1, 0.15) is 5.75 Å². The first-order valence-electron chi connectivity index (χ1n) is 8.34. The number of fused-ring (bicyclic) bond motifs is 1. The molecule has 1 unspecified atom stereocenters. The normalized spacial score (nSPS) is 15.0. The number of carbonyl (C=O) groups excluding carboxylic acids is 1. The van der Waals surface area contributed by atoms with E-state index in [-0.39, 0.29) is 5.91 Å². The molecule has 1 amide bonds. The van der Waals surface area contributed by atoms with Crippen molar-refractivity contribution in [3.8, 4) is 5.75 Å². The predicted octanol–water partition coefficient (Wildman–Crippen LogP) is 4.00. The molecular formula is C20H23NO2. The van der Waals surface area contributed by atoms with E-state index in [1.54, 1.807) is 0 Å². The van der Waals surface area contributed by atoms with E-state index in [1.165, 1.54) is 5.56 Å². The van der Waals surface area contributed by atoms with Crippen LogP contribution in [-0.4, -0.2) is 18.6 Å². The van der Waals surface area contributed by atoms with Gasteiger partial charge in [-0.1, -0.05) is 43.3 Å². The summed E-state index contributed by atoms with van der Waals surface area (Å²) in [5, 5.41) is 0. The lowest BCUT2D eigenvalue weighted by atomic mass is 10.0. The molecule has 1 atom stereocenters. The van der Waals surface area contributed by atoms with Gasteiger partial charge in [0, 0.05) is 12.2 Å². The van der Waals surface area contributed by atoms with Gasteiger partial charge < -0.3 is 9.64 Å². The van der Waals surface area contributed by atoms with E-state index in [4.69, 9.17) is 4.74 Å². The van der Waals surface area contributed by atoms with Gasteiger partial charge >= 0.3 is 0 Å². The molecule has 0 radical (unpaired) electrons. The first kappa shape index (κ1) is 15.6. The Kier molecular flexibility index (Phi) is 4.65. The van der Waals surface area contributed by atoms with Crippen LogP contribution in [0.15, 0.2) is 48.5 Å². The number of amides is 1. The summed E-state index contributed by atoms with van der Waals surface area (Å²) in [6.45, 7) is 4.69. The third-order valence-electron chi connectivity index (χ3n) is 4.38. The molecule has 3 heteroatoms. The van der Waals surface area contributed by atoms with Crippen LogP contribution in [0.2, 0.25) is 0 Å². The highest BCUT2D eigenvalue weighted by Gasteiger charge is 2.27. The molecule has 2 aromatic rings. The zero-order valence-electron chi connectivity index (χ0n) is 13.8. The van der Waals surface area contributed by atoms with Crippen LogP contribution in [0.25, 0.3) is 0 Å². The zero-order chi connectivity index (χ0) is 16.2. The summed E-state index contributed by atoms with van der Waals surface area (Å²) >= 11 is 0. The smallest absolute Gasteiger partial charge is 0.267 e. The van der Waals surface area contributed by atoms with Gasteiger partial charge in [0.15, 0.2) is 6.10 Å². The van der Waals surface area contributed by atoms with E-state index in [0.29, 0.717) is 0 Å². The molecule has 0 saturated heterocycles. The summed E-state index contributed by atoms with van der Waals surface area (Å²) < 4.78 is 5.98. The molecule has 120 valence electrons. The van der Waals surface area contributed by atoms with Crippen LogP contribution in [0.4, 0.5) is 5.69 Å². The maximum absolute atomic E-state index is 12.9. The van der Waals surface area contributed by atoms with Crippen LogP contribution < -0.4 is 9.64 Å². The van der Waals surface area contributed by atoms with Crippen LogP contribution >= 0.6 is 0 Å². The maximum atomic E-state index is 12.9. The number of nitrogens with zero attached hydrogens (tertiary/aromatic N) is 1. The van der Waals surface area contributed by atoms with E-state index in [9.17, 15) is 4.79 Å². The minimum Gasteiger partial charge on any atom is -0.481 e. The molecule has 0 fully saturated rings. The van der Waals surface area contributed by atoms with Gasteiger partial charge in [-0.3, -0.25) is 4.79 Å². The van der Waals surface area contributed by atoms with Gasteiger partial charge in [0.05, 0.1) is 0 Å². The minimum atomic E-state index is -0.492. The van der Waals surface area contributed by atoms with Gasteiger partial charge in [-0.15, -0.1) is 0 Å². The Balaban J connectivity index is 1.78. The minimum absolute atomic E-state index is 0.0306. The maximum Gasteiger partial charge on any atom is 0.267 e. The number of hydrogen-bond donors (Lipinski definition) is 0. The third-order valence-corrected chi connectivity index (χ3v) is 4.38. The van der Waals surface area contributed by atoms with Crippen LogP contribution in [0.5, 0.6) is 5.75 Å². The predicted molar refractivity (Wildman–Crippen MR) is 93.0 cm³/mol. The molecule has 0 saturated carbocycles. The number of benzene rings is 2. The highest BCUT2D eigenvalue weighted by Crippen LogP contribution is 2.28. The van der Waals surface area contributed by atoms with Crippen molar-refractivity contribution in [1.82, 2.24) is 0 Å². The Bertz CT molecular complexity index is 696. The van der Waals surface area contributed by atoms with Gasteiger partial charge in [-0.05, 0) is 49.4 Å². The highest BCUT2D eigenvalue weighted by molar-refractivity contribution is 5.97. The molecule has 0 N–H and O–H groups in total. The van der Waals surface area contributed by atoms with Gasteiger partial charge in [-0.25, -0.2) is 0 Å². The van der Waals surface area contributed by atoms with E-state index in [0.717, 1.165) is 42.8 Å². The number of carbonyl (C=O) groups is 1. The van der Waals surface area contributed by atoms with Crippen molar-refractivity contribution in [1.29, 1.82) is 0 Å². The lowest BCUT2D eigenvalue weighted by molar-refractivity contribution is -0.124. The topological polar surface area (TPSA) is 29.5 Å². The van der Waals surface area contributed by atoms with Crippen molar-refractivity contribution in [2.75, 3.05) is 11.4 Å². The van der Waals surface area contributed by atoms with Gasteiger partial charge in [0.2, 0.25) is 0 Å². The summed E-state index contributed by atoms with van der Waals surface area (Å²) in [5.74, 6) is 0.837. The van der Waals surface area contributed by atoms with Gasteiger partial charge in [-0.2, -0.15) is 0 Å². The van der Waals surface area contributed by atoms with Crippen LogP contribution in [0, 0.1) is 0 Å². The number of rotatable bonds is 4. The quantitative estimate of drug-likeness (QED) is 0.854. The molecule has 0 bridgehead atoms. The molecule has 3 nitrogen and oxygen atoms in total. The molecule has 0 aromatic heterocycles. The third kappa shape index (κ3) is 3.24. The fourth-order valence-electron chi connectivity index (χ4n) is 3.13. The molecule has 0 aliphatic carbocycles. The molecule has 0 spiro atoms. The standard InChI is InChI=1S/C20H23NO2/c1-3-16-9-5-7-13-19(16)23-15(2)20(22)21-14-8-11-17-10-4-6-12-18(17)21/h4-7,9-10,12-13,15H,3,8,11,14H2,1-2H3. The molecule has 2 aromatic carbocycles. The number of ether oxygens (including phenoxy) is 1. The highest BCUT2D eigenvalue weighted by atomic mass is 16.5. The second-order valence-corrected chi connectivity index (χ2v) is 5.94. The van der Waals surface area contributed by atoms with E-state index >= 15 is 0 Å². The Hall–Kier alpha value is -2.29. The largest absolute Gasteiger partial charge is 0.481 e. The Morgan fingerprint density at radius 1 is 1.17 bits per heavy atom. The van der Waals surface area contributed by atoms with Crippen molar-refractivity contribution >= 4 is 11.6 Å². The van der Waals surface area contributed by atoms with Crippen molar-refractivity contribution in [3.63, 3.8) is 0 Å². The molecule has 1 heterocycles. The Labute approximate surface area is 137 Å². The Morgan fingerprint density at radius 3 is 2.74 bits per heavy atom. The van der Waals surface area contributed by atoms with Crippen molar-refractivity contribution in [2.45, 2.75) is 39.2 Å². The summed E-state index contributed by atoms with van der Waals surface area (Å²) in [7, 11) is 0. The molecule has 23 heavy (non-hydrogen) atoms. The average molecular weight is 309 g/mol. The Morgan fingerprint density at radius 2 is 1.91 bits per heavy atom. The second kappa shape index (κ2) is 6.86. The van der Waals surface area contributed by atoms with Crippen molar-refractivity contribution in [2.24, 2.45) is 0 Å². The van der Waals surface area contributed by atoms with Crippen molar-refractivity contribution in [3.05, 3.63) is 59.7 Å². The van der Waals surface area contributed by atoms with E-state index in [2.05, 4.69) is 13.0 Å². The second-order valence-electron chi connectivity index (χ2n) is 5.94. The fraction of sp³-hybridized carbons (Fsp3) is 0.350. The van der Waals surface area contributed by atoms with Crippen LogP contribution in [0.1, 0.15) is 31.4 Å². The van der Waals surface area contributed by atoms with Crippen LogP contribution in [-0.2, 0) is 17.6 Å². The lowest BCUT2D eigenvalue weighted by Gasteiger charge is -2.31. The first-order valence-corrected chi connectivity index (χ1v) is 8.34. The van der Waals surface area contributed by atoms with E-state index in [1.807, 2.05) is 54.3 Å². The zero-order valence-corrected chi connectivity index (χ0v) is 13.8. The summed E-state index contributed by atoms with van der Waals surface area (Å²) in [6, 6.07) is 16.1. The lowest BCUT2D eigenvalue weighted by Crippen LogP contribution is -2.43. The van der Waals surface area contributed by atoms with E-state index < -0.39 is 6.10 Å². The number of para-hydroxylation sites is 2. The number of aryl methyl sites for hydroxylation is 2. The molecule has 1 aliphatic rings. The van der Waals surface area contributed by atoms with Gasteiger partial charge in [0.25, 0.3) is 5.91 Å². The number of hydrogen-bond acceptors (Lipinski definition) is 2. The van der Waals surface area contributed by atoms with Crippen LogP contribution in [0.3, 0.4) is 0 Å². The SMILES string of the molecule is CCc1ccccc1OC(C)C(=O)N1CCCc2ccccc21. The molecular weight excluding hydrogens is 286 g/mol. The fourth-order valence-corrected chi connectivity index (χ4v) is 3.13. The number of anilines is 1.